The number of carbonyl (C=O) groups excluding carboxylic acids is 1. The second-order valence-electron chi connectivity index (χ2n) is 4.92. The second-order valence-corrected chi connectivity index (χ2v) is 4.92. The number of morpholine rings is 1. The first-order valence-corrected chi connectivity index (χ1v) is 6.41. The van der Waals surface area contributed by atoms with Crippen molar-refractivity contribution in [3.63, 3.8) is 0 Å². The highest BCUT2D eigenvalue weighted by molar-refractivity contribution is 5.81. The Hall–Kier alpha value is -1.83. The molecule has 1 aliphatic heterocycles. The van der Waals surface area contributed by atoms with Crippen LogP contribution in [0.15, 0.2) is 18.2 Å². The molecule has 1 fully saturated rings. The molecule has 1 aliphatic rings. The molecule has 0 aromatic carbocycles. The van der Waals surface area contributed by atoms with Crippen molar-refractivity contribution in [1.82, 2.24) is 9.88 Å². The minimum atomic E-state index is -4.48. The zero-order chi connectivity index (χ0) is 15.6. The molecule has 116 valence electrons. The van der Waals surface area contributed by atoms with Gasteiger partial charge in [0, 0.05) is 20.6 Å². The van der Waals surface area contributed by atoms with Gasteiger partial charge in [-0.25, -0.2) is 4.98 Å². The summed E-state index contributed by atoms with van der Waals surface area (Å²) in [5.74, 6) is -0.0173. The molecule has 1 amide bonds. The van der Waals surface area contributed by atoms with Gasteiger partial charge in [-0.05, 0) is 12.1 Å². The van der Waals surface area contributed by atoms with E-state index in [4.69, 9.17) is 4.74 Å². The Labute approximate surface area is 120 Å². The van der Waals surface area contributed by atoms with Crippen LogP contribution in [0.3, 0.4) is 0 Å². The molecule has 1 aromatic heterocycles. The summed E-state index contributed by atoms with van der Waals surface area (Å²) in [5, 5.41) is 0. The number of carbonyl (C=O) groups is 1. The summed E-state index contributed by atoms with van der Waals surface area (Å²) in [4.78, 5) is 18.5. The summed E-state index contributed by atoms with van der Waals surface area (Å²) < 4.78 is 43.4. The van der Waals surface area contributed by atoms with Crippen molar-refractivity contribution in [2.45, 2.75) is 12.3 Å². The average molecular weight is 303 g/mol. The van der Waals surface area contributed by atoms with Gasteiger partial charge < -0.3 is 14.5 Å². The first-order valence-electron chi connectivity index (χ1n) is 6.41. The minimum Gasteiger partial charge on any atom is -0.365 e. The Balaban J connectivity index is 2.16. The van der Waals surface area contributed by atoms with Gasteiger partial charge in [0.1, 0.15) is 11.5 Å². The fourth-order valence-electron chi connectivity index (χ4n) is 2.05. The molecule has 0 bridgehead atoms. The van der Waals surface area contributed by atoms with Crippen LogP contribution >= 0.6 is 0 Å². The average Bonchev–Trinajstić information content (AvgIpc) is 2.46. The zero-order valence-corrected chi connectivity index (χ0v) is 11.7. The lowest BCUT2D eigenvalue weighted by molar-refractivity contribution is -0.142. The van der Waals surface area contributed by atoms with Crippen LogP contribution < -0.4 is 4.90 Å². The maximum absolute atomic E-state index is 12.7. The van der Waals surface area contributed by atoms with E-state index in [0.717, 1.165) is 6.07 Å². The first-order chi connectivity index (χ1) is 9.79. The quantitative estimate of drug-likeness (QED) is 0.828. The normalized spacial score (nSPS) is 19.5. The highest BCUT2D eigenvalue weighted by Crippen LogP contribution is 2.29. The Kier molecular flexibility index (Phi) is 4.36. The second kappa shape index (κ2) is 5.88. The van der Waals surface area contributed by atoms with E-state index in [1.165, 1.54) is 17.0 Å². The van der Waals surface area contributed by atoms with Crippen molar-refractivity contribution < 1.29 is 22.7 Å². The smallest absolute Gasteiger partial charge is 0.365 e. The van der Waals surface area contributed by atoms with Crippen molar-refractivity contribution in [1.29, 1.82) is 0 Å². The molecule has 21 heavy (non-hydrogen) atoms. The minimum absolute atomic E-state index is 0.186. The lowest BCUT2D eigenvalue weighted by Gasteiger charge is -2.34. The Morgan fingerprint density at radius 1 is 1.43 bits per heavy atom. The van der Waals surface area contributed by atoms with Crippen LogP contribution in [0.25, 0.3) is 0 Å². The topological polar surface area (TPSA) is 45.7 Å². The van der Waals surface area contributed by atoms with E-state index in [9.17, 15) is 18.0 Å². The molecule has 1 atom stereocenters. The molecular formula is C13H16F3N3O2. The highest BCUT2D eigenvalue weighted by atomic mass is 19.4. The summed E-state index contributed by atoms with van der Waals surface area (Å²) in [5.41, 5.74) is -0.943. The number of aromatic nitrogens is 1. The molecule has 1 unspecified atom stereocenters. The number of nitrogens with zero attached hydrogens (tertiary/aromatic N) is 3. The highest BCUT2D eigenvalue weighted by Gasteiger charge is 2.34. The van der Waals surface area contributed by atoms with E-state index in [-0.39, 0.29) is 24.9 Å². The third-order valence-electron chi connectivity index (χ3n) is 3.13. The molecule has 5 nitrogen and oxygen atoms in total. The van der Waals surface area contributed by atoms with E-state index in [1.54, 1.807) is 19.0 Å². The Morgan fingerprint density at radius 2 is 2.14 bits per heavy atom. The van der Waals surface area contributed by atoms with Gasteiger partial charge in [0.05, 0.1) is 13.2 Å². The van der Waals surface area contributed by atoms with Crippen LogP contribution in [0.5, 0.6) is 0 Å². The zero-order valence-electron chi connectivity index (χ0n) is 11.7. The number of alkyl halides is 3. The molecule has 0 spiro atoms. The van der Waals surface area contributed by atoms with Crippen molar-refractivity contribution in [2.75, 3.05) is 38.7 Å². The Bertz CT molecular complexity index is 520. The number of hydrogen-bond donors (Lipinski definition) is 0. The standard InChI is InChI=1S/C13H16F3N3O2/c1-18(2)12(20)9-8-19(6-7-21-9)11-5-3-4-10(17-11)13(14,15)16/h3-5,9H,6-8H2,1-2H3. The molecule has 0 radical (unpaired) electrons. The summed E-state index contributed by atoms with van der Waals surface area (Å²) in [7, 11) is 3.21. The monoisotopic (exact) mass is 303 g/mol. The van der Waals surface area contributed by atoms with Gasteiger partial charge >= 0.3 is 6.18 Å². The number of halogens is 3. The summed E-state index contributed by atoms with van der Waals surface area (Å²) in [6.07, 6.45) is -5.17. The summed E-state index contributed by atoms with van der Waals surface area (Å²) in [6.45, 7) is 0.846. The van der Waals surface area contributed by atoms with Crippen LogP contribution in [0.1, 0.15) is 5.69 Å². The maximum Gasteiger partial charge on any atom is 0.433 e. The van der Waals surface area contributed by atoms with E-state index in [2.05, 4.69) is 4.98 Å². The number of ether oxygens (including phenoxy) is 1. The fourth-order valence-corrected chi connectivity index (χ4v) is 2.05. The van der Waals surface area contributed by atoms with Gasteiger partial charge in [0.2, 0.25) is 0 Å². The lowest BCUT2D eigenvalue weighted by Crippen LogP contribution is -2.49. The van der Waals surface area contributed by atoms with Crippen LogP contribution in [0.4, 0.5) is 19.0 Å². The van der Waals surface area contributed by atoms with E-state index >= 15 is 0 Å². The van der Waals surface area contributed by atoms with Crippen molar-refractivity contribution in [3.05, 3.63) is 23.9 Å². The first kappa shape index (κ1) is 15.6. The van der Waals surface area contributed by atoms with Crippen molar-refractivity contribution in [3.8, 4) is 0 Å². The summed E-state index contributed by atoms with van der Waals surface area (Å²) >= 11 is 0. The van der Waals surface area contributed by atoms with E-state index in [1.807, 2.05) is 0 Å². The number of likely N-dealkylation sites (N-methyl/N-ethyl adjacent to an activating group) is 1. The molecule has 2 heterocycles. The van der Waals surface area contributed by atoms with Crippen molar-refractivity contribution in [2.24, 2.45) is 0 Å². The van der Waals surface area contributed by atoms with E-state index in [0.29, 0.717) is 6.54 Å². The molecule has 1 saturated heterocycles. The molecular weight excluding hydrogens is 287 g/mol. The number of hydrogen-bond acceptors (Lipinski definition) is 4. The molecule has 0 N–H and O–H groups in total. The number of amides is 1. The summed E-state index contributed by atoms with van der Waals surface area (Å²) in [6, 6.07) is 3.73. The van der Waals surface area contributed by atoms with Gasteiger partial charge in [-0.3, -0.25) is 4.79 Å². The fraction of sp³-hybridized carbons (Fsp3) is 0.538. The predicted molar refractivity (Wildman–Crippen MR) is 69.9 cm³/mol. The predicted octanol–water partition coefficient (Wildman–Crippen LogP) is 1.39. The molecule has 8 heteroatoms. The molecule has 0 aliphatic carbocycles. The van der Waals surface area contributed by atoms with Crippen LogP contribution in [-0.4, -0.2) is 55.7 Å². The third kappa shape index (κ3) is 3.63. The lowest BCUT2D eigenvalue weighted by atomic mass is 10.2. The van der Waals surface area contributed by atoms with E-state index < -0.39 is 18.0 Å². The van der Waals surface area contributed by atoms with Crippen LogP contribution in [0.2, 0.25) is 0 Å². The number of anilines is 1. The number of pyridine rings is 1. The number of rotatable bonds is 2. The third-order valence-corrected chi connectivity index (χ3v) is 3.13. The van der Waals surface area contributed by atoms with Crippen LogP contribution in [0, 0.1) is 0 Å². The van der Waals surface area contributed by atoms with Crippen LogP contribution in [-0.2, 0) is 15.7 Å². The SMILES string of the molecule is CN(C)C(=O)C1CN(c2cccc(C(F)(F)F)n2)CCO1. The van der Waals surface area contributed by atoms with Crippen molar-refractivity contribution >= 4 is 11.7 Å². The largest absolute Gasteiger partial charge is 0.433 e. The Morgan fingerprint density at radius 3 is 2.76 bits per heavy atom. The van der Waals surface area contributed by atoms with Gasteiger partial charge in [-0.15, -0.1) is 0 Å². The molecule has 2 rings (SSSR count). The maximum atomic E-state index is 12.7. The van der Waals surface area contributed by atoms with Gasteiger partial charge in [0.15, 0.2) is 6.10 Å². The van der Waals surface area contributed by atoms with Gasteiger partial charge in [-0.2, -0.15) is 13.2 Å². The van der Waals surface area contributed by atoms with Gasteiger partial charge in [0.25, 0.3) is 5.91 Å². The van der Waals surface area contributed by atoms with Gasteiger partial charge in [-0.1, -0.05) is 6.07 Å². The molecule has 0 saturated carbocycles. The molecule has 1 aromatic rings.